The predicted octanol–water partition coefficient (Wildman–Crippen LogP) is 2.35. The van der Waals surface area contributed by atoms with E-state index in [9.17, 15) is 14.7 Å². The number of aryl methyl sites for hydroxylation is 1. The second kappa shape index (κ2) is 13.3. The number of likely N-dealkylation sites (N-methyl/N-ethyl adjacent to an activating group) is 2. The van der Waals surface area contributed by atoms with Gasteiger partial charge in [0.25, 0.3) is 5.91 Å². The van der Waals surface area contributed by atoms with Gasteiger partial charge < -0.3 is 21.1 Å². The van der Waals surface area contributed by atoms with Crippen LogP contribution in [0.4, 0.5) is 0 Å². The number of aliphatic hydroxyl groups excluding tert-OH is 1. The van der Waals surface area contributed by atoms with Crippen LogP contribution in [0.5, 0.6) is 0 Å². The monoisotopic (exact) mass is 491 g/mol. The maximum absolute atomic E-state index is 13.1. The fourth-order valence-corrected chi connectivity index (χ4v) is 4.29. The van der Waals surface area contributed by atoms with Crippen LogP contribution < -0.4 is 21.4 Å². The van der Waals surface area contributed by atoms with Crippen LogP contribution in [0.2, 0.25) is 0 Å². The van der Waals surface area contributed by atoms with Gasteiger partial charge in [-0.2, -0.15) is 0 Å². The number of hydrazine groups is 1. The molecule has 0 fully saturated rings. The molecule has 1 rings (SSSR count). The molecule has 0 aliphatic heterocycles. The summed E-state index contributed by atoms with van der Waals surface area (Å²) in [4.78, 5) is 26.1. The van der Waals surface area contributed by atoms with Crippen molar-refractivity contribution in [2.75, 3.05) is 20.6 Å². The summed E-state index contributed by atoms with van der Waals surface area (Å²) in [6.07, 6.45) is -0.323. The van der Waals surface area contributed by atoms with Crippen LogP contribution in [0, 0.1) is 17.8 Å². The van der Waals surface area contributed by atoms with Crippen molar-refractivity contribution < 1.29 is 14.7 Å². The van der Waals surface area contributed by atoms with Gasteiger partial charge in [0, 0.05) is 13.1 Å². The lowest BCUT2D eigenvalue weighted by atomic mass is 9.86. The van der Waals surface area contributed by atoms with Gasteiger partial charge in [0.15, 0.2) is 0 Å². The average molecular weight is 492 g/mol. The van der Waals surface area contributed by atoms with Gasteiger partial charge in [0.1, 0.15) is 0 Å². The van der Waals surface area contributed by atoms with Crippen LogP contribution in [0.3, 0.4) is 0 Å². The summed E-state index contributed by atoms with van der Waals surface area (Å²) < 4.78 is 0. The third-order valence-electron chi connectivity index (χ3n) is 6.24. The highest BCUT2D eigenvalue weighted by atomic mass is 16.3. The van der Waals surface area contributed by atoms with Gasteiger partial charge in [0.05, 0.1) is 24.2 Å². The van der Waals surface area contributed by atoms with E-state index in [0.29, 0.717) is 13.0 Å². The van der Waals surface area contributed by atoms with E-state index in [-0.39, 0.29) is 29.2 Å². The van der Waals surface area contributed by atoms with E-state index in [1.54, 1.807) is 19.1 Å². The van der Waals surface area contributed by atoms with Crippen LogP contribution in [0.1, 0.15) is 66.0 Å². The summed E-state index contributed by atoms with van der Waals surface area (Å²) >= 11 is 0. The Morgan fingerprint density at radius 1 is 0.914 bits per heavy atom. The number of amides is 2. The van der Waals surface area contributed by atoms with E-state index in [2.05, 4.69) is 21.4 Å². The van der Waals surface area contributed by atoms with Crippen molar-refractivity contribution in [3.63, 3.8) is 0 Å². The summed E-state index contributed by atoms with van der Waals surface area (Å²) in [6, 6.07) is 6.81. The Balaban J connectivity index is 3.07. The van der Waals surface area contributed by atoms with E-state index in [4.69, 9.17) is 0 Å². The summed E-state index contributed by atoms with van der Waals surface area (Å²) in [5.41, 5.74) is 4.61. The Morgan fingerprint density at radius 3 is 1.83 bits per heavy atom. The summed E-state index contributed by atoms with van der Waals surface area (Å²) in [7, 11) is 3.53. The number of hydrogen-bond donors (Lipinski definition) is 5. The third-order valence-corrected chi connectivity index (χ3v) is 6.24. The van der Waals surface area contributed by atoms with Crippen molar-refractivity contribution in [3.8, 4) is 0 Å². The molecule has 5 N–H and O–H groups in total. The second-order valence-corrected chi connectivity index (χ2v) is 11.6. The molecule has 0 spiro atoms. The molecular formula is C27H49N5O3. The first-order valence-electron chi connectivity index (χ1n) is 12.6. The number of carbonyl (C=O) groups excluding carboxylic acids is 2. The largest absolute Gasteiger partial charge is 0.390 e. The van der Waals surface area contributed by atoms with Gasteiger partial charge >= 0.3 is 0 Å². The molecule has 0 saturated heterocycles. The van der Waals surface area contributed by atoms with E-state index < -0.39 is 24.2 Å². The van der Waals surface area contributed by atoms with E-state index in [1.807, 2.05) is 79.7 Å². The molecule has 35 heavy (non-hydrogen) atoms. The van der Waals surface area contributed by atoms with Gasteiger partial charge in [-0.15, -0.1) is 0 Å². The highest BCUT2D eigenvalue weighted by Crippen LogP contribution is 2.21. The topological polar surface area (TPSA) is 106 Å². The lowest BCUT2D eigenvalue weighted by molar-refractivity contribution is -0.132. The van der Waals surface area contributed by atoms with Crippen molar-refractivity contribution in [1.82, 2.24) is 26.4 Å². The minimum absolute atomic E-state index is 0.150. The Morgan fingerprint density at radius 2 is 1.40 bits per heavy atom. The molecule has 0 saturated carbocycles. The van der Waals surface area contributed by atoms with Gasteiger partial charge in [0.2, 0.25) is 5.91 Å². The number of nitrogens with one attached hydrogen (secondary N) is 4. The maximum atomic E-state index is 13.1. The molecule has 1 aromatic rings. The fourth-order valence-electron chi connectivity index (χ4n) is 4.29. The smallest absolute Gasteiger partial charge is 0.251 e. The average Bonchev–Trinajstić information content (AvgIpc) is 2.72. The van der Waals surface area contributed by atoms with Gasteiger partial charge in [-0.05, 0) is 43.8 Å². The molecule has 0 aromatic heterocycles. The number of aliphatic hydroxyl groups is 1. The Labute approximate surface area is 212 Å². The molecule has 2 amide bonds. The van der Waals surface area contributed by atoms with Crippen LogP contribution in [-0.4, -0.2) is 66.8 Å². The van der Waals surface area contributed by atoms with Crippen molar-refractivity contribution in [1.29, 1.82) is 0 Å². The van der Waals surface area contributed by atoms with Crippen LogP contribution in [-0.2, 0) is 16.1 Å². The van der Waals surface area contributed by atoms with Crippen LogP contribution in [0.25, 0.3) is 0 Å². The van der Waals surface area contributed by atoms with Crippen LogP contribution >= 0.6 is 0 Å². The molecule has 4 atom stereocenters. The minimum atomic E-state index is -0.880. The first-order valence-corrected chi connectivity index (χ1v) is 12.6. The van der Waals surface area contributed by atoms with Crippen molar-refractivity contribution in [2.24, 2.45) is 10.8 Å². The lowest BCUT2D eigenvalue weighted by Gasteiger charge is -2.35. The van der Waals surface area contributed by atoms with E-state index in [1.165, 1.54) is 0 Å². The zero-order chi connectivity index (χ0) is 27.0. The first kappa shape index (κ1) is 31.0. The van der Waals surface area contributed by atoms with Gasteiger partial charge in [-0.3, -0.25) is 15.0 Å². The number of nitrogens with zero attached hydrogens (tertiary/aromatic N) is 1. The highest BCUT2D eigenvalue weighted by molar-refractivity contribution is 5.83. The molecule has 0 radical (unpaired) electrons. The Bertz CT molecular complexity index is 799. The van der Waals surface area contributed by atoms with E-state index >= 15 is 0 Å². The van der Waals surface area contributed by atoms with Crippen molar-refractivity contribution >= 4 is 11.8 Å². The number of carbonyl (C=O) groups is 2. The van der Waals surface area contributed by atoms with E-state index in [0.717, 1.165) is 11.1 Å². The second-order valence-electron chi connectivity index (χ2n) is 11.6. The number of rotatable bonds is 12. The third kappa shape index (κ3) is 9.88. The molecule has 0 aliphatic rings. The molecule has 0 bridgehead atoms. The van der Waals surface area contributed by atoms with Gasteiger partial charge in [-0.1, -0.05) is 78.3 Å². The van der Waals surface area contributed by atoms with Crippen LogP contribution in [0.15, 0.2) is 24.3 Å². The van der Waals surface area contributed by atoms with Gasteiger partial charge in [-0.25, -0.2) is 5.01 Å². The minimum Gasteiger partial charge on any atom is -0.390 e. The molecular weight excluding hydrogens is 442 g/mol. The van der Waals surface area contributed by atoms with Crippen molar-refractivity contribution in [2.45, 2.75) is 92.6 Å². The number of benzene rings is 1. The molecule has 8 heteroatoms. The first-order chi connectivity index (χ1) is 16.1. The molecule has 1 unspecified atom stereocenters. The highest BCUT2D eigenvalue weighted by Gasteiger charge is 2.34. The zero-order valence-corrected chi connectivity index (χ0v) is 23.5. The summed E-state index contributed by atoms with van der Waals surface area (Å²) in [5, 5.41) is 22.1. The summed E-state index contributed by atoms with van der Waals surface area (Å²) in [5.74, 6) is -0.317. The molecule has 1 aromatic carbocycles. The predicted molar refractivity (Wildman–Crippen MR) is 143 cm³/mol. The fraction of sp³-hybridized carbons (Fsp3) is 0.704. The molecule has 8 nitrogen and oxygen atoms in total. The Kier molecular flexibility index (Phi) is 11.8. The standard InChI is InChI=1S/C27H49N5O3/c1-11-20(30-24(34)22(28-9)26(3,4)5)21(33)17-32(16-19-14-12-18(2)13-15-19)31-25(35)23(29-10)27(6,7)8/h12-15,20-23,28-29,33H,11,16-17H2,1-10H3,(H,30,34)(H,31,35)/t20?,21-,22+,23+/m0/s1. The quantitative estimate of drug-likeness (QED) is 0.288. The Hall–Kier alpha value is -2.00. The number of hydrogen-bond acceptors (Lipinski definition) is 6. The maximum Gasteiger partial charge on any atom is 0.251 e. The molecule has 0 heterocycles. The normalized spacial score (nSPS) is 15.9. The SMILES string of the molecule is CCC(NC(=O)[C@@H](NC)C(C)(C)C)[C@@H](O)CN(Cc1ccc(C)cc1)NC(=O)[C@@H](NC)C(C)(C)C. The molecule has 0 aliphatic carbocycles. The zero-order valence-electron chi connectivity index (χ0n) is 23.5. The lowest BCUT2D eigenvalue weighted by Crippen LogP contribution is -2.59. The molecule has 200 valence electrons. The van der Waals surface area contributed by atoms with Crippen molar-refractivity contribution in [3.05, 3.63) is 35.4 Å². The summed E-state index contributed by atoms with van der Waals surface area (Å²) in [6.45, 7) is 16.5.